The minimum atomic E-state index is -1.36. The monoisotopic (exact) mass is 412 g/mol. The number of carbonyl (C=O) groups excluding carboxylic acids is 1. The number of aromatic nitrogens is 4. The van der Waals surface area contributed by atoms with Gasteiger partial charge in [0.05, 0.1) is 12.4 Å². The number of nitrogens with zero attached hydrogens (tertiary/aromatic N) is 4. The van der Waals surface area contributed by atoms with Crippen LogP contribution in [0, 0.1) is 0 Å². The normalized spacial score (nSPS) is 24.7. The molecule has 0 radical (unpaired) electrons. The fourth-order valence-electron chi connectivity index (χ4n) is 3.55. The van der Waals surface area contributed by atoms with E-state index in [0.29, 0.717) is 23.5 Å². The van der Waals surface area contributed by atoms with Crippen molar-refractivity contribution in [2.24, 2.45) is 0 Å². The quantitative estimate of drug-likeness (QED) is 0.466. The van der Waals surface area contributed by atoms with E-state index < -0.39 is 30.4 Å². The van der Waals surface area contributed by atoms with Gasteiger partial charge in [0.2, 0.25) is 0 Å². The summed E-state index contributed by atoms with van der Waals surface area (Å²) in [5.74, 6) is 0.0491. The summed E-state index contributed by atoms with van der Waals surface area (Å²) in [5.41, 5.74) is 2.00. The van der Waals surface area contributed by atoms with Crippen LogP contribution in [-0.2, 0) is 9.53 Å². The Hall–Kier alpha value is -3.08. The van der Waals surface area contributed by atoms with Crippen molar-refractivity contribution < 1.29 is 19.7 Å². The Balaban J connectivity index is 1.61. The molecule has 1 aromatic carbocycles. The van der Waals surface area contributed by atoms with Crippen molar-refractivity contribution in [1.82, 2.24) is 24.8 Å². The number of anilines is 1. The van der Waals surface area contributed by atoms with Gasteiger partial charge in [0, 0.05) is 6.54 Å². The number of likely N-dealkylation sites (N-methyl/N-ethyl adjacent to an activating group) is 1. The molecule has 0 unspecified atom stereocenters. The number of hydrogen-bond donors (Lipinski definition) is 4. The van der Waals surface area contributed by atoms with Gasteiger partial charge in [-0.05, 0) is 19.4 Å². The summed E-state index contributed by atoms with van der Waals surface area (Å²) in [7, 11) is 0. The van der Waals surface area contributed by atoms with Crippen LogP contribution in [0.25, 0.3) is 11.2 Å². The molecule has 0 bridgehead atoms. The number of benzene rings is 1. The molecule has 3 aromatic rings. The first kappa shape index (κ1) is 20.2. The second kappa shape index (κ2) is 8.34. The first-order chi connectivity index (χ1) is 14.5. The molecule has 10 nitrogen and oxygen atoms in total. The summed E-state index contributed by atoms with van der Waals surface area (Å²) in [6.07, 6.45) is -2.02. The lowest BCUT2D eigenvalue weighted by molar-refractivity contribution is -0.137. The summed E-state index contributed by atoms with van der Waals surface area (Å²) in [4.78, 5) is 25.1. The minimum absolute atomic E-state index is 0.0216. The van der Waals surface area contributed by atoms with E-state index in [-0.39, 0.29) is 6.04 Å². The third-order valence-corrected chi connectivity index (χ3v) is 5.13. The molecule has 0 saturated carbocycles. The zero-order chi connectivity index (χ0) is 21.3. The second-order valence-corrected chi connectivity index (χ2v) is 7.15. The first-order valence-corrected chi connectivity index (χ1v) is 9.79. The number of nitrogens with one attached hydrogen (secondary N) is 2. The number of amides is 1. The highest BCUT2D eigenvalue weighted by atomic mass is 16.6. The molecule has 4 N–H and O–H groups in total. The Morgan fingerprint density at radius 1 is 1.20 bits per heavy atom. The number of carbonyl (C=O) groups is 1. The Labute approximate surface area is 172 Å². The average Bonchev–Trinajstić information content (AvgIpc) is 3.31. The van der Waals surface area contributed by atoms with Crippen LogP contribution in [0.4, 0.5) is 5.82 Å². The van der Waals surface area contributed by atoms with Gasteiger partial charge in [0.25, 0.3) is 5.91 Å². The first-order valence-electron chi connectivity index (χ1n) is 9.79. The zero-order valence-electron chi connectivity index (χ0n) is 16.6. The van der Waals surface area contributed by atoms with E-state index in [9.17, 15) is 15.0 Å². The van der Waals surface area contributed by atoms with E-state index >= 15 is 0 Å². The number of ether oxygens (including phenoxy) is 1. The molecule has 3 heterocycles. The van der Waals surface area contributed by atoms with Crippen LogP contribution < -0.4 is 10.6 Å². The molecule has 30 heavy (non-hydrogen) atoms. The van der Waals surface area contributed by atoms with Gasteiger partial charge in [-0.15, -0.1) is 0 Å². The smallest absolute Gasteiger partial charge is 0.252 e. The molecule has 1 amide bonds. The molecule has 1 saturated heterocycles. The predicted octanol–water partition coefficient (Wildman–Crippen LogP) is 0.755. The number of fused-ring (bicyclic) bond motifs is 1. The number of rotatable bonds is 6. The molecule has 0 spiro atoms. The Bertz CT molecular complexity index is 1030. The molecule has 0 aliphatic carbocycles. The fourth-order valence-corrected chi connectivity index (χ4v) is 3.55. The van der Waals surface area contributed by atoms with Gasteiger partial charge < -0.3 is 25.6 Å². The molecule has 10 heteroatoms. The molecule has 1 aliphatic rings. The maximum absolute atomic E-state index is 12.1. The Morgan fingerprint density at radius 2 is 1.97 bits per heavy atom. The summed E-state index contributed by atoms with van der Waals surface area (Å²) < 4.78 is 7.18. The van der Waals surface area contributed by atoms with Crippen LogP contribution in [0.15, 0.2) is 43.0 Å². The highest BCUT2D eigenvalue weighted by Crippen LogP contribution is 2.33. The third-order valence-electron chi connectivity index (χ3n) is 5.13. The summed E-state index contributed by atoms with van der Waals surface area (Å²) in [5, 5.41) is 26.7. The van der Waals surface area contributed by atoms with Crippen molar-refractivity contribution in [3.8, 4) is 0 Å². The van der Waals surface area contributed by atoms with Gasteiger partial charge in [-0.2, -0.15) is 0 Å². The van der Waals surface area contributed by atoms with Gasteiger partial charge in [0.15, 0.2) is 29.3 Å². The van der Waals surface area contributed by atoms with Gasteiger partial charge >= 0.3 is 0 Å². The Morgan fingerprint density at radius 3 is 2.70 bits per heavy atom. The molecule has 158 valence electrons. The minimum Gasteiger partial charge on any atom is -0.387 e. The molecule has 1 aliphatic heterocycles. The van der Waals surface area contributed by atoms with Gasteiger partial charge in [-0.3, -0.25) is 9.36 Å². The largest absolute Gasteiger partial charge is 0.387 e. The van der Waals surface area contributed by atoms with Gasteiger partial charge in [-0.25, -0.2) is 15.0 Å². The van der Waals surface area contributed by atoms with Crippen molar-refractivity contribution in [2.75, 3.05) is 11.9 Å². The van der Waals surface area contributed by atoms with Gasteiger partial charge in [0.1, 0.15) is 18.5 Å². The van der Waals surface area contributed by atoms with Crippen LogP contribution in [0.3, 0.4) is 0 Å². The highest BCUT2D eigenvalue weighted by Gasteiger charge is 2.47. The standard InChI is InChI=1S/C20H24N6O4/c1-3-21-19(29)16-14(27)15(28)20(30-16)26-10-24-13-17(22-9-23-18(13)26)25-11(2)12-7-5-4-6-8-12/h4-11,14-16,20,27-28H,3H2,1-2H3,(H,21,29)(H,22,23,25)/t11-,14+,15-,16+,20-/m1/s1. The summed E-state index contributed by atoms with van der Waals surface area (Å²) in [6, 6.07) is 9.89. The van der Waals surface area contributed by atoms with E-state index in [0.717, 1.165) is 5.56 Å². The third kappa shape index (κ3) is 3.60. The predicted molar refractivity (Wildman–Crippen MR) is 108 cm³/mol. The number of aliphatic hydroxyl groups is 2. The van der Waals surface area contributed by atoms with Crippen LogP contribution in [-0.4, -0.2) is 60.5 Å². The molecule has 4 rings (SSSR count). The lowest BCUT2D eigenvalue weighted by Crippen LogP contribution is -2.42. The van der Waals surface area contributed by atoms with Crippen LogP contribution in [0.5, 0.6) is 0 Å². The van der Waals surface area contributed by atoms with E-state index in [2.05, 4.69) is 25.6 Å². The van der Waals surface area contributed by atoms with Crippen molar-refractivity contribution in [1.29, 1.82) is 0 Å². The molecule has 2 aromatic heterocycles. The van der Waals surface area contributed by atoms with E-state index in [1.165, 1.54) is 17.2 Å². The van der Waals surface area contributed by atoms with Crippen LogP contribution >= 0.6 is 0 Å². The fraction of sp³-hybridized carbons (Fsp3) is 0.400. The van der Waals surface area contributed by atoms with E-state index in [4.69, 9.17) is 4.74 Å². The lowest BCUT2D eigenvalue weighted by atomic mass is 10.1. The number of hydrogen-bond acceptors (Lipinski definition) is 8. The summed E-state index contributed by atoms with van der Waals surface area (Å²) in [6.45, 7) is 4.16. The second-order valence-electron chi connectivity index (χ2n) is 7.15. The van der Waals surface area contributed by atoms with Crippen LogP contribution in [0.1, 0.15) is 31.7 Å². The number of imidazole rings is 1. The molecule has 5 atom stereocenters. The molecular formula is C20H24N6O4. The number of aliphatic hydroxyl groups excluding tert-OH is 2. The highest BCUT2D eigenvalue weighted by molar-refractivity contribution is 5.83. The van der Waals surface area contributed by atoms with Crippen molar-refractivity contribution >= 4 is 22.9 Å². The molecular weight excluding hydrogens is 388 g/mol. The van der Waals surface area contributed by atoms with Crippen molar-refractivity contribution in [2.45, 2.75) is 44.4 Å². The lowest BCUT2D eigenvalue weighted by Gasteiger charge is -2.17. The van der Waals surface area contributed by atoms with E-state index in [1.807, 2.05) is 37.3 Å². The maximum atomic E-state index is 12.1. The van der Waals surface area contributed by atoms with Crippen molar-refractivity contribution in [3.05, 3.63) is 48.5 Å². The van der Waals surface area contributed by atoms with Crippen molar-refractivity contribution in [3.63, 3.8) is 0 Å². The topological polar surface area (TPSA) is 134 Å². The summed E-state index contributed by atoms with van der Waals surface area (Å²) >= 11 is 0. The SMILES string of the molecule is CCNC(=O)[C@H]1O[C@@H](n2cnc3c(N[C@H](C)c4ccccc4)ncnc32)[C@H](O)[C@@H]1O. The van der Waals surface area contributed by atoms with E-state index in [1.54, 1.807) is 6.92 Å². The zero-order valence-corrected chi connectivity index (χ0v) is 16.6. The van der Waals surface area contributed by atoms with Gasteiger partial charge in [-0.1, -0.05) is 30.3 Å². The maximum Gasteiger partial charge on any atom is 0.252 e. The average molecular weight is 412 g/mol. The van der Waals surface area contributed by atoms with Crippen LogP contribution in [0.2, 0.25) is 0 Å². The molecule has 1 fully saturated rings. The Kier molecular flexibility index (Phi) is 5.62.